The molecule has 0 bridgehead atoms. The molecule has 0 heterocycles. The Bertz CT molecular complexity index is 1590. The minimum Gasteiger partial charge on any atom is -0.756 e. The Morgan fingerprint density at radius 1 is 0.462 bits per heavy atom. The largest absolute Gasteiger partial charge is 0.756 e. The summed E-state index contributed by atoms with van der Waals surface area (Å²) in [6.45, 7) is 4.62. The number of allylic oxidation sites excluding steroid dienone is 16. The molecule has 1 amide bonds. The van der Waals surface area contributed by atoms with E-state index in [1.54, 1.807) is 0 Å². The second-order valence-electron chi connectivity index (χ2n) is 23.1. The maximum atomic E-state index is 13.0. The molecule has 0 aromatic heterocycles. The van der Waals surface area contributed by atoms with E-state index < -0.39 is 20.0 Å². The third-order valence-electron chi connectivity index (χ3n) is 14.3. The summed E-state index contributed by atoms with van der Waals surface area (Å²) < 4.78 is 23.4. The summed E-state index contributed by atoms with van der Waals surface area (Å²) in [6.07, 6.45) is 84.7. The Kier molecular flexibility index (Phi) is 57.1. The monoisotopic (exact) mass is 1110 g/mol. The number of aliphatic hydroxyl groups is 1. The molecule has 78 heavy (non-hydrogen) atoms. The molecule has 2 N–H and O–H groups in total. The van der Waals surface area contributed by atoms with E-state index in [1.165, 1.54) is 167 Å². The van der Waals surface area contributed by atoms with Crippen molar-refractivity contribution in [3.05, 3.63) is 97.2 Å². The number of carbonyl (C=O) groups is 1. The average Bonchev–Trinajstić information content (AvgIpc) is 3.41. The minimum absolute atomic E-state index is 0.0105. The normalized spacial score (nSPS) is 14.4. The molecule has 0 aromatic carbocycles. The van der Waals surface area contributed by atoms with Gasteiger partial charge < -0.3 is 28.8 Å². The van der Waals surface area contributed by atoms with Gasteiger partial charge in [-0.2, -0.15) is 0 Å². The Balaban J connectivity index is 3.96. The fraction of sp³-hybridized carbons (Fsp3) is 0.754. The van der Waals surface area contributed by atoms with Crippen LogP contribution in [0.1, 0.15) is 284 Å². The van der Waals surface area contributed by atoms with Crippen LogP contribution in [0.4, 0.5) is 0 Å². The van der Waals surface area contributed by atoms with Crippen LogP contribution in [0.15, 0.2) is 97.2 Å². The molecule has 0 rings (SSSR count). The Morgan fingerprint density at radius 2 is 0.782 bits per heavy atom. The van der Waals surface area contributed by atoms with Crippen LogP contribution in [0, 0.1) is 0 Å². The number of nitrogens with one attached hydrogen (secondary N) is 1. The third kappa shape index (κ3) is 61.0. The van der Waals surface area contributed by atoms with Crippen molar-refractivity contribution in [2.75, 3.05) is 40.9 Å². The Labute approximate surface area is 483 Å². The first-order chi connectivity index (χ1) is 38.0. The summed E-state index contributed by atoms with van der Waals surface area (Å²) in [5, 5.41) is 14.0. The van der Waals surface area contributed by atoms with Crippen LogP contribution in [0.25, 0.3) is 0 Å². The van der Waals surface area contributed by atoms with Crippen LogP contribution < -0.4 is 10.2 Å². The van der Waals surface area contributed by atoms with Gasteiger partial charge in [0.1, 0.15) is 13.2 Å². The average molecular weight is 1110 g/mol. The molecule has 0 fully saturated rings. The molecule has 3 unspecified atom stereocenters. The number of hydrogen-bond donors (Lipinski definition) is 2. The number of amides is 1. The van der Waals surface area contributed by atoms with Gasteiger partial charge in [0.25, 0.3) is 7.82 Å². The lowest BCUT2D eigenvalue weighted by Crippen LogP contribution is -2.46. The van der Waals surface area contributed by atoms with Crippen molar-refractivity contribution in [1.82, 2.24) is 5.32 Å². The SMILES string of the molecule is CC/C=C\C/C=C\C/C=C\C/C=C\C/C=C\C/C=C\C/C=C\C/C=C\CCCCCCCCCCCCCCCCCCC(=O)NC(COP(=O)([O-])OCC[N+](C)(C)C)C(O)CCCCCCCCCCCCCCCCC. The molecule has 0 aliphatic rings. The van der Waals surface area contributed by atoms with E-state index >= 15 is 0 Å². The first-order valence-electron chi connectivity index (χ1n) is 32.6. The van der Waals surface area contributed by atoms with Crippen molar-refractivity contribution in [2.45, 2.75) is 296 Å². The maximum absolute atomic E-state index is 13.0. The number of aliphatic hydroxyl groups excluding tert-OH is 1. The second kappa shape index (κ2) is 59.1. The summed E-state index contributed by atoms with van der Waals surface area (Å²) in [5.41, 5.74) is 0. The van der Waals surface area contributed by atoms with Gasteiger partial charge in [0.2, 0.25) is 5.91 Å². The van der Waals surface area contributed by atoms with Gasteiger partial charge >= 0.3 is 0 Å². The molecular formula is C69H125N2O6P. The van der Waals surface area contributed by atoms with E-state index in [9.17, 15) is 19.4 Å². The highest BCUT2D eigenvalue weighted by molar-refractivity contribution is 7.45. The molecule has 0 radical (unpaired) electrons. The van der Waals surface area contributed by atoms with Gasteiger partial charge in [-0.05, 0) is 77.0 Å². The molecule has 0 spiro atoms. The van der Waals surface area contributed by atoms with Gasteiger partial charge in [0, 0.05) is 6.42 Å². The second-order valence-corrected chi connectivity index (χ2v) is 24.5. The predicted molar refractivity (Wildman–Crippen MR) is 339 cm³/mol. The van der Waals surface area contributed by atoms with Gasteiger partial charge in [0.05, 0.1) is 39.9 Å². The number of quaternary nitrogens is 1. The van der Waals surface area contributed by atoms with Crippen molar-refractivity contribution < 1.29 is 32.9 Å². The minimum atomic E-state index is -4.58. The van der Waals surface area contributed by atoms with Crippen molar-refractivity contribution in [1.29, 1.82) is 0 Å². The summed E-state index contributed by atoms with van der Waals surface area (Å²) in [7, 11) is 1.31. The summed E-state index contributed by atoms with van der Waals surface area (Å²) in [4.78, 5) is 25.6. The summed E-state index contributed by atoms with van der Waals surface area (Å²) in [6, 6.07) is -0.804. The van der Waals surface area contributed by atoms with Crippen LogP contribution >= 0.6 is 7.82 Å². The lowest BCUT2D eigenvalue weighted by Gasteiger charge is -2.30. The lowest BCUT2D eigenvalue weighted by molar-refractivity contribution is -0.870. The molecule has 0 aliphatic carbocycles. The van der Waals surface area contributed by atoms with Crippen LogP contribution in [-0.2, 0) is 18.4 Å². The number of phosphoric acid groups is 1. The van der Waals surface area contributed by atoms with Gasteiger partial charge in [-0.3, -0.25) is 9.36 Å². The summed E-state index contributed by atoms with van der Waals surface area (Å²) in [5.74, 6) is -0.165. The quantitative estimate of drug-likeness (QED) is 0.0272. The molecule has 0 saturated heterocycles. The van der Waals surface area contributed by atoms with Crippen LogP contribution in [0.5, 0.6) is 0 Å². The van der Waals surface area contributed by atoms with E-state index in [-0.39, 0.29) is 19.1 Å². The van der Waals surface area contributed by atoms with Gasteiger partial charge in [-0.15, -0.1) is 0 Å². The number of unbranched alkanes of at least 4 members (excludes halogenated alkanes) is 30. The van der Waals surface area contributed by atoms with Crippen LogP contribution in [0.3, 0.4) is 0 Å². The highest BCUT2D eigenvalue weighted by Gasteiger charge is 2.24. The number of hydrogen-bond acceptors (Lipinski definition) is 6. The molecule has 8 nitrogen and oxygen atoms in total. The summed E-state index contributed by atoms with van der Waals surface area (Å²) >= 11 is 0. The zero-order chi connectivity index (χ0) is 57.0. The maximum Gasteiger partial charge on any atom is 0.268 e. The van der Waals surface area contributed by atoms with Gasteiger partial charge in [-0.1, -0.05) is 297 Å². The van der Waals surface area contributed by atoms with Crippen molar-refractivity contribution in [3.63, 3.8) is 0 Å². The molecular weight excluding hydrogens is 984 g/mol. The molecule has 3 atom stereocenters. The van der Waals surface area contributed by atoms with E-state index in [1.807, 2.05) is 21.1 Å². The highest BCUT2D eigenvalue weighted by atomic mass is 31.2. The first kappa shape index (κ1) is 75.4. The smallest absolute Gasteiger partial charge is 0.268 e. The number of phosphoric ester groups is 1. The number of nitrogens with zero attached hydrogens (tertiary/aromatic N) is 1. The molecule has 9 heteroatoms. The Hall–Kier alpha value is -2.58. The van der Waals surface area contributed by atoms with E-state index in [4.69, 9.17) is 9.05 Å². The van der Waals surface area contributed by atoms with Gasteiger partial charge in [-0.25, -0.2) is 0 Å². The topological polar surface area (TPSA) is 108 Å². The molecule has 0 aromatic rings. The van der Waals surface area contributed by atoms with E-state index in [0.717, 1.165) is 89.9 Å². The number of rotatable bonds is 59. The zero-order valence-corrected chi connectivity index (χ0v) is 52.5. The molecule has 0 aliphatic heterocycles. The fourth-order valence-corrected chi connectivity index (χ4v) is 10.0. The van der Waals surface area contributed by atoms with Crippen molar-refractivity contribution in [2.24, 2.45) is 0 Å². The van der Waals surface area contributed by atoms with Gasteiger partial charge in [0.15, 0.2) is 0 Å². The van der Waals surface area contributed by atoms with Crippen molar-refractivity contribution >= 4 is 13.7 Å². The van der Waals surface area contributed by atoms with Crippen molar-refractivity contribution in [3.8, 4) is 0 Å². The van der Waals surface area contributed by atoms with Crippen LogP contribution in [-0.4, -0.2) is 68.5 Å². The Morgan fingerprint density at radius 3 is 1.14 bits per heavy atom. The lowest BCUT2D eigenvalue weighted by atomic mass is 10.0. The molecule has 452 valence electrons. The predicted octanol–water partition coefficient (Wildman–Crippen LogP) is 19.9. The van der Waals surface area contributed by atoms with E-state index in [2.05, 4.69) is 116 Å². The zero-order valence-electron chi connectivity index (χ0n) is 51.6. The number of carbonyl (C=O) groups excluding carboxylic acids is 1. The van der Waals surface area contributed by atoms with E-state index in [0.29, 0.717) is 23.9 Å². The fourth-order valence-electron chi connectivity index (χ4n) is 9.29. The van der Waals surface area contributed by atoms with Crippen LogP contribution in [0.2, 0.25) is 0 Å². The first-order valence-corrected chi connectivity index (χ1v) is 34.0. The third-order valence-corrected chi connectivity index (χ3v) is 15.3. The highest BCUT2D eigenvalue weighted by Crippen LogP contribution is 2.38. The standard InChI is InChI=1S/C69H125N2O6P/c1-6-8-10-12-14-16-18-20-22-23-24-25-26-27-28-29-30-31-32-33-34-35-36-37-38-39-40-41-42-43-44-45-46-47-49-51-53-55-57-59-61-63-69(73)70-67(66-77-78(74,75)76-65-64-71(3,4)5)68(72)62-60-58-56-54-52-50-48-21-19-17-15-13-11-9-7-2/h8,10,14,16,20,22,24-25,27-28,30-31,33-34,36-37,67-68,72H,6-7,9,11-13,15,17-19,21,23,26,29,32,35,38-66H2,1-5H3,(H-,70,73,74,75)/b10-8-,16-14-,22-20-,25-24-,28-27-,31-30-,34-33-,37-36-. The molecule has 0 saturated carbocycles. The number of likely N-dealkylation sites (N-methyl/N-ethyl adjacent to an activating group) is 1.